The Kier molecular flexibility index (Phi) is 3.54. The fourth-order valence-electron chi connectivity index (χ4n) is 2.04. The van der Waals surface area contributed by atoms with Crippen molar-refractivity contribution in [2.24, 2.45) is 0 Å². The Morgan fingerprint density at radius 2 is 2.50 bits per heavy atom. The minimum atomic E-state index is 0.184. The molecule has 1 aliphatic heterocycles. The van der Waals surface area contributed by atoms with Gasteiger partial charge in [0.2, 0.25) is 0 Å². The van der Waals surface area contributed by atoms with Crippen molar-refractivity contribution in [3.63, 3.8) is 0 Å². The summed E-state index contributed by atoms with van der Waals surface area (Å²) in [5.74, 6) is 0.852. The Bertz CT molecular complexity index is 519. The number of rotatable bonds is 4. The maximum Gasteiger partial charge on any atom is 0.148 e. The molecule has 1 aliphatic rings. The van der Waals surface area contributed by atoms with Crippen molar-refractivity contribution in [3.05, 3.63) is 33.1 Å². The monoisotopic (exact) mass is 283 g/mol. The molecular formula is C12H14ClN3OS. The summed E-state index contributed by atoms with van der Waals surface area (Å²) in [4.78, 5) is 1.20. The van der Waals surface area contributed by atoms with Gasteiger partial charge in [0.1, 0.15) is 5.82 Å². The number of thiophene rings is 1. The molecule has 3 rings (SSSR count). The van der Waals surface area contributed by atoms with Crippen LogP contribution in [0.4, 0.5) is 5.82 Å². The molecule has 1 unspecified atom stereocenters. The van der Waals surface area contributed by atoms with E-state index in [0.717, 1.165) is 41.8 Å². The van der Waals surface area contributed by atoms with E-state index in [9.17, 15) is 0 Å². The maximum absolute atomic E-state index is 5.88. The summed E-state index contributed by atoms with van der Waals surface area (Å²) in [5, 5.41) is 10.5. The van der Waals surface area contributed by atoms with E-state index in [1.54, 1.807) is 11.3 Å². The van der Waals surface area contributed by atoms with E-state index in [2.05, 4.69) is 15.5 Å². The minimum Gasteiger partial charge on any atom is -0.372 e. The van der Waals surface area contributed by atoms with Crippen molar-refractivity contribution < 1.29 is 4.74 Å². The van der Waals surface area contributed by atoms with Gasteiger partial charge in [0, 0.05) is 17.6 Å². The van der Waals surface area contributed by atoms with Crippen LogP contribution < -0.4 is 5.32 Å². The molecule has 2 aromatic rings. The van der Waals surface area contributed by atoms with Crippen molar-refractivity contribution in [1.82, 2.24) is 10.2 Å². The third kappa shape index (κ3) is 2.68. The number of aromatic nitrogens is 2. The average Bonchev–Trinajstić information content (AvgIpc) is 3.07. The van der Waals surface area contributed by atoms with Gasteiger partial charge in [0.05, 0.1) is 22.7 Å². The van der Waals surface area contributed by atoms with Gasteiger partial charge in [-0.3, -0.25) is 5.10 Å². The second-order valence-electron chi connectivity index (χ2n) is 4.27. The molecule has 0 saturated carbocycles. The first-order valence-electron chi connectivity index (χ1n) is 5.96. The van der Waals surface area contributed by atoms with Crippen molar-refractivity contribution in [1.29, 1.82) is 0 Å². The lowest BCUT2D eigenvalue weighted by molar-refractivity contribution is 0.108. The number of nitrogens with one attached hydrogen (secondary N) is 2. The summed E-state index contributed by atoms with van der Waals surface area (Å²) in [6.07, 6.45) is 2.38. The first kappa shape index (κ1) is 12.0. The molecule has 18 heavy (non-hydrogen) atoms. The smallest absolute Gasteiger partial charge is 0.148 e. The third-order valence-electron chi connectivity index (χ3n) is 2.95. The van der Waals surface area contributed by atoms with Crippen LogP contribution >= 0.6 is 22.9 Å². The fourth-order valence-corrected chi connectivity index (χ4v) is 3.07. The van der Waals surface area contributed by atoms with Crippen LogP contribution in [0.5, 0.6) is 0 Å². The van der Waals surface area contributed by atoms with Gasteiger partial charge in [-0.15, -0.1) is 11.3 Å². The Morgan fingerprint density at radius 3 is 3.22 bits per heavy atom. The highest BCUT2D eigenvalue weighted by Gasteiger charge is 2.19. The van der Waals surface area contributed by atoms with E-state index >= 15 is 0 Å². The van der Waals surface area contributed by atoms with Crippen LogP contribution in [-0.4, -0.2) is 16.8 Å². The Balaban J connectivity index is 1.59. The lowest BCUT2D eigenvalue weighted by atomic mass is 10.2. The largest absolute Gasteiger partial charge is 0.372 e. The molecule has 2 N–H and O–H groups in total. The first-order chi connectivity index (χ1) is 8.81. The number of ether oxygens (including phenoxy) is 1. The van der Waals surface area contributed by atoms with Crippen molar-refractivity contribution in [3.8, 4) is 0 Å². The number of hydrogen-bond donors (Lipinski definition) is 2. The van der Waals surface area contributed by atoms with Crippen LogP contribution in [0.2, 0.25) is 4.34 Å². The van der Waals surface area contributed by atoms with Crippen molar-refractivity contribution in [2.75, 3.05) is 11.9 Å². The molecule has 1 atom stereocenters. The van der Waals surface area contributed by atoms with Crippen LogP contribution in [0.1, 0.15) is 29.5 Å². The summed E-state index contributed by atoms with van der Waals surface area (Å²) in [5.41, 5.74) is 1.05. The predicted octanol–water partition coefficient (Wildman–Crippen LogP) is 3.59. The molecule has 0 radical (unpaired) electrons. The lowest BCUT2D eigenvalue weighted by Crippen LogP contribution is -1.97. The minimum absolute atomic E-state index is 0.184. The van der Waals surface area contributed by atoms with Crippen molar-refractivity contribution in [2.45, 2.75) is 25.5 Å². The van der Waals surface area contributed by atoms with Crippen LogP contribution in [0.25, 0.3) is 0 Å². The number of hydrogen-bond acceptors (Lipinski definition) is 4. The average molecular weight is 284 g/mol. The Hall–Kier alpha value is -1.04. The number of nitrogens with zero attached hydrogens (tertiary/aromatic N) is 1. The quantitative estimate of drug-likeness (QED) is 0.901. The molecule has 2 aromatic heterocycles. The number of aromatic amines is 1. The SMILES string of the molecule is Clc1ccc(CNc2cc(C3CCCO3)[nH]n2)s1. The molecular weight excluding hydrogens is 270 g/mol. The van der Waals surface area contributed by atoms with Gasteiger partial charge < -0.3 is 10.1 Å². The van der Waals surface area contributed by atoms with Crippen LogP contribution in [0.3, 0.4) is 0 Å². The summed E-state index contributed by atoms with van der Waals surface area (Å²) < 4.78 is 6.42. The Morgan fingerprint density at radius 1 is 1.56 bits per heavy atom. The molecule has 0 bridgehead atoms. The zero-order valence-corrected chi connectivity index (χ0v) is 11.4. The third-order valence-corrected chi connectivity index (χ3v) is 4.18. The van der Waals surface area contributed by atoms with Gasteiger partial charge in [-0.1, -0.05) is 11.6 Å². The van der Waals surface area contributed by atoms with Gasteiger partial charge in [-0.25, -0.2) is 0 Å². The van der Waals surface area contributed by atoms with E-state index in [-0.39, 0.29) is 6.10 Å². The predicted molar refractivity (Wildman–Crippen MR) is 73.2 cm³/mol. The van der Waals surface area contributed by atoms with E-state index in [1.165, 1.54) is 4.88 Å². The van der Waals surface area contributed by atoms with Crippen LogP contribution in [0.15, 0.2) is 18.2 Å². The number of H-pyrrole nitrogens is 1. The molecule has 3 heterocycles. The lowest BCUT2D eigenvalue weighted by Gasteiger charge is -2.04. The molecule has 96 valence electrons. The molecule has 0 amide bonds. The molecule has 1 fully saturated rings. The molecule has 6 heteroatoms. The zero-order chi connectivity index (χ0) is 12.4. The van der Waals surface area contributed by atoms with Crippen LogP contribution in [-0.2, 0) is 11.3 Å². The summed E-state index contributed by atoms with van der Waals surface area (Å²) >= 11 is 7.46. The first-order valence-corrected chi connectivity index (χ1v) is 7.16. The normalized spacial score (nSPS) is 19.3. The highest BCUT2D eigenvalue weighted by Crippen LogP contribution is 2.28. The standard InChI is InChI=1S/C12H14ClN3OS/c13-11-4-3-8(18-11)7-14-12-6-9(15-16-12)10-2-1-5-17-10/h3-4,6,10H,1-2,5,7H2,(H2,14,15,16). The van der Waals surface area contributed by atoms with Gasteiger partial charge in [-0.05, 0) is 25.0 Å². The second kappa shape index (κ2) is 5.30. The van der Waals surface area contributed by atoms with Gasteiger partial charge in [0.25, 0.3) is 0 Å². The van der Waals surface area contributed by atoms with Crippen molar-refractivity contribution >= 4 is 28.8 Å². The van der Waals surface area contributed by atoms with E-state index in [4.69, 9.17) is 16.3 Å². The van der Waals surface area contributed by atoms with E-state index < -0.39 is 0 Å². The highest BCUT2D eigenvalue weighted by molar-refractivity contribution is 7.16. The maximum atomic E-state index is 5.88. The fraction of sp³-hybridized carbons (Fsp3) is 0.417. The second-order valence-corrected chi connectivity index (χ2v) is 6.07. The Labute approximate surface area is 114 Å². The van der Waals surface area contributed by atoms with Gasteiger partial charge >= 0.3 is 0 Å². The van der Waals surface area contributed by atoms with Gasteiger partial charge in [0.15, 0.2) is 0 Å². The van der Waals surface area contributed by atoms with Gasteiger partial charge in [-0.2, -0.15) is 5.10 Å². The molecule has 4 nitrogen and oxygen atoms in total. The molecule has 1 saturated heterocycles. The molecule has 0 aromatic carbocycles. The highest BCUT2D eigenvalue weighted by atomic mass is 35.5. The number of halogens is 1. The summed E-state index contributed by atoms with van der Waals surface area (Å²) in [6.45, 7) is 1.59. The summed E-state index contributed by atoms with van der Waals surface area (Å²) in [6, 6.07) is 5.95. The topological polar surface area (TPSA) is 49.9 Å². The van der Waals surface area contributed by atoms with E-state index in [0.29, 0.717) is 0 Å². The zero-order valence-electron chi connectivity index (χ0n) is 9.78. The summed E-state index contributed by atoms with van der Waals surface area (Å²) in [7, 11) is 0. The van der Waals surface area contributed by atoms with E-state index in [1.807, 2.05) is 18.2 Å². The number of anilines is 1. The molecule has 0 spiro atoms. The molecule has 0 aliphatic carbocycles. The van der Waals surface area contributed by atoms with Crippen LogP contribution in [0, 0.1) is 0 Å².